The van der Waals surface area contributed by atoms with Crippen molar-refractivity contribution in [2.45, 2.75) is 13.8 Å². The Kier molecular flexibility index (Phi) is 12.4. The molecule has 4 heteroatoms. The van der Waals surface area contributed by atoms with Gasteiger partial charge in [-0.15, -0.1) is 0 Å². The molecule has 0 aliphatic rings. The lowest BCUT2D eigenvalue weighted by atomic mass is 9.95. The number of hydrogen-bond donors (Lipinski definition) is 0. The van der Waals surface area contributed by atoms with Crippen LogP contribution in [0.25, 0.3) is 76.7 Å². The van der Waals surface area contributed by atoms with E-state index in [0.717, 1.165) is 67.3 Å². The zero-order valence-corrected chi connectivity index (χ0v) is 41.3. The lowest BCUT2D eigenvalue weighted by molar-refractivity contribution is 1.23. The van der Waals surface area contributed by atoms with Crippen LogP contribution < -0.4 is 9.80 Å². The molecule has 0 aliphatic heterocycles. The number of para-hydroxylation sites is 2. The summed E-state index contributed by atoms with van der Waals surface area (Å²) in [6.45, 7) is 4.11. The Morgan fingerprint density at radius 1 is 0.257 bits per heavy atom. The van der Waals surface area contributed by atoms with Gasteiger partial charge in [-0.05, 0) is 131 Å². The first-order valence-electron chi connectivity index (χ1n) is 25.2. The molecule has 13 aromatic rings. The highest BCUT2D eigenvalue weighted by Gasteiger charge is 2.18. The number of nitrogens with zero attached hydrogens (tertiary/aromatic N) is 4. The maximum Gasteiger partial charge on any atom is 0.0974 e. The SMILES string of the molecule is Cc1cc(-c2ccccc2)c2ccc3c(-c4ccccc4)cc(C)nc3c2n1.c1ccc(N(c2ccc(-c3ccc(N(c4ccccc4)c4cccc5ccccc45)cc3)cc2)c2cccc3ccccc23)cc1. The Hall–Kier alpha value is -9.64. The van der Waals surface area contributed by atoms with E-state index in [4.69, 9.17) is 9.97 Å². The van der Waals surface area contributed by atoms with E-state index in [0.29, 0.717) is 0 Å². The molecule has 13 rings (SSSR count). The number of pyridine rings is 2. The number of benzene rings is 11. The molecule has 0 fully saturated rings. The van der Waals surface area contributed by atoms with Crippen molar-refractivity contribution >= 4 is 77.5 Å². The van der Waals surface area contributed by atoms with Gasteiger partial charge >= 0.3 is 0 Å². The molecule has 0 saturated heterocycles. The predicted octanol–water partition coefficient (Wildman–Crippen LogP) is 19.3. The van der Waals surface area contributed by atoms with E-state index in [1.54, 1.807) is 0 Å². The van der Waals surface area contributed by atoms with Crippen LogP contribution in [-0.4, -0.2) is 9.97 Å². The van der Waals surface area contributed by atoms with Crippen LogP contribution in [0.2, 0.25) is 0 Å². The molecule has 0 saturated carbocycles. The molecule has 2 heterocycles. The van der Waals surface area contributed by atoms with E-state index in [2.05, 4.69) is 291 Å². The molecule has 11 aromatic carbocycles. The molecule has 0 atom stereocenters. The van der Waals surface area contributed by atoms with Crippen LogP contribution in [0.3, 0.4) is 0 Å². The summed E-state index contributed by atoms with van der Waals surface area (Å²) in [6.07, 6.45) is 0. The fourth-order valence-corrected chi connectivity index (χ4v) is 10.4. The number of fused-ring (bicyclic) bond motifs is 5. The second-order valence-electron chi connectivity index (χ2n) is 18.6. The van der Waals surface area contributed by atoms with Crippen LogP contribution in [0.4, 0.5) is 34.1 Å². The van der Waals surface area contributed by atoms with Gasteiger partial charge in [0, 0.05) is 55.7 Å². The number of hydrogen-bond acceptors (Lipinski definition) is 4. The van der Waals surface area contributed by atoms with Crippen molar-refractivity contribution in [1.82, 2.24) is 9.97 Å². The van der Waals surface area contributed by atoms with E-state index >= 15 is 0 Å². The van der Waals surface area contributed by atoms with Gasteiger partial charge in [-0.1, -0.05) is 206 Å². The first-order valence-corrected chi connectivity index (χ1v) is 25.2. The molecule has 0 spiro atoms. The molecule has 0 amide bonds. The molecule has 0 unspecified atom stereocenters. The van der Waals surface area contributed by atoms with Gasteiger partial charge in [-0.25, -0.2) is 0 Å². The summed E-state index contributed by atoms with van der Waals surface area (Å²) >= 11 is 0. The second kappa shape index (κ2) is 20.2. The van der Waals surface area contributed by atoms with Gasteiger partial charge in [0.05, 0.1) is 22.4 Å². The molecule has 74 heavy (non-hydrogen) atoms. The Balaban J connectivity index is 0.000000169. The standard InChI is InChI=1S/C44H32N2.C26H20N2/c1-3-17-37(18-4-1)45(43-23-11-15-35-13-7-9-21-41(35)43)39-29-25-33(26-30-39)34-27-31-40(32-28-34)46(38-19-5-2-6-20-38)44-24-12-16-36-14-8-10-22-42(36)44;1-17-15-23(19-9-5-3-6-10-19)21-13-14-22-24(20-11-7-4-8-12-20)16-18(2)28-26(22)25(21)27-17/h1-32H;3-16H,1-2H3. The van der Waals surface area contributed by atoms with Gasteiger partial charge in [-0.3, -0.25) is 9.97 Å². The number of aromatic nitrogens is 2. The third kappa shape index (κ3) is 9.02. The van der Waals surface area contributed by atoms with Crippen LogP contribution in [0.15, 0.2) is 279 Å². The molecule has 0 N–H and O–H groups in total. The van der Waals surface area contributed by atoms with Crippen molar-refractivity contribution in [2.24, 2.45) is 0 Å². The minimum Gasteiger partial charge on any atom is -0.310 e. The van der Waals surface area contributed by atoms with Gasteiger partial charge in [-0.2, -0.15) is 0 Å². The highest BCUT2D eigenvalue weighted by Crippen LogP contribution is 2.42. The molecule has 2 aromatic heterocycles. The van der Waals surface area contributed by atoms with Crippen molar-refractivity contribution < 1.29 is 0 Å². The fourth-order valence-electron chi connectivity index (χ4n) is 10.4. The number of anilines is 6. The molecule has 0 aliphatic carbocycles. The average molecular weight is 949 g/mol. The van der Waals surface area contributed by atoms with E-state index in [1.165, 1.54) is 54.9 Å². The number of aryl methyl sites for hydroxylation is 2. The summed E-state index contributed by atoms with van der Waals surface area (Å²) < 4.78 is 0. The zero-order chi connectivity index (χ0) is 49.8. The van der Waals surface area contributed by atoms with Gasteiger partial charge in [0.1, 0.15) is 0 Å². The van der Waals surface area contributed by atoms with E-state index in [-0.39, 0.29) is 0 Å². The van der Waals surface area contributed by atoms with Gasteiger partial charge < -0.3 is 9.80 Å². The highest BCUT2D eigenvalue weighted by molar-refractivity contribution is 6.12. The maximum atomic E-state index is 4.90. The first-order chi connectivity index (χ1) is 36.5. The normalized spacial score (nSPS) is 11.1. The van der Waals surface area contributed by atoms with Crippen molar-refractivity contribution in [2.75, 3.05) is 9.80 Å². The van der Waals surface area contributed by atoms with Crippen LogP contribution >= 0.6 is 0 Å². The average Bonchev–Trinajstić information content (AvgIpc) is 3.47. The second-order valence-corrected chi connectivity index (χ2v) is 18.6. The lowest BCUT2D eigenvalue weighted by Gasteiger charge is -2.27. The Morgan fingerprint density at radius 2 is 0.581 bits per heavy atom. The summed E-state index contributed by atoms with van der Waals surface area (Å²) in [5.41, 5.74) is 17.9. The van der Waals surface area contributed by atoms with Gasteiger partial charge in [0.15, 0.2) is 0 Å². The van der Waals surface area contributed by atoms with Crippen LogP contribution in [0, 0.1) is 13.8 Å². The third-order valence-corrected chi connectivity index (χ3v) is 13.8. The topological polar surface area (TPSA) is 32.3 Å². The minimum absolute atomic E-state index is 0.970. The van der Waals surface area contributed by atoms with Gasteiger partial charge in [0.25, 0.3) is 0 Å². The Morgan fingerprint density at radius 3 is 0.973 bits per heavy atom. The molecular weight excluding hydrogens is 897 g/mol. The van der Waals surface area contributed by atoms with Crippen LogP contribution in [0.1, 0.15) is 11.4 Å². The summed E-state index contributed by atoms with van der Waals surface area (Å²) in [5, 5.41) is 7.18. The highest BCUT2D eigenvalue weighted by atomic mass is 15.1. The monoisotopic (exact) mass is 948 g/mol. The third-order valence-electron chi connectivity index (χ3n) is 13.8. The quantitative estimate of drug-likeness (QED) is 0.135. The zero-order valence-electron chi connectivity index (χ0n) is 41.3. The molecular formula is C70H52N4. The van der Waals surface area contributed by atoms with Crippen molar-refractivity contribution in [3.63, 3.8) is 0 Å². The molecule has 0 radical (unpaired) electrons. The lowest BCUT2D eigenvalue weighted by Crippen LogP contribution is -2.10. The summed E-state index contributed by atoms with van der Waals surface area (Å²) in [4.78, 5) is 14.5. The Labute approximate surface area is 432 Å². The van der Waals surface area contributed by atoms with Crippen LogP contribution in [-0.2, 0) is 0 Å². The molecule has 0 bridgehead atoms. The summed E-state index contributed by atoms with van der Waals surface area (Å²) in [6, 6.07) is 98.9. The maximum absolute atomic E-state index is 4.90. The Bertz CT molecular complexity index is 3790. The minimum atomic E-state index is 0.970. The van der Waals surface area contributed by atoms with E-state index < -0.39 is 0 Å². The van der Waals surface area contributed by atoms with E-state index in [9.17, 15) is 0 Å². The summed E-state index contributed by atoms with van der Waals surface area (Å²) in [7, 11) is 0. The summed E-state index contributed by atoms with van der Waals surface area (Å²) in [5.74, 6) is 0. The van der Waals surface area contributed by atoms with Crippen LogP contribution in [0.5, 0.6) is 0 Å². The predicted molar refractivity (Wildman–Crippen MR) is 314 cm³/mol. The first kappa shape index (κ1) is 45.5. The largest absolute Gasteiger partial charge is 0.310 e. The molecule has 352 valence electrons. The molecule has 4 nitrogen and oxygen atoms in total. The van der Waals surface area contributed by atoms with Crippen molar-refractivity contribution in [1.29, 1.82) is 0 Å². The fraction of sp³-hybridized carbons (Fsp3) is 0.0286. The van der Waals surface area contributed by atoms with Crippen molar-refractivity contribution in [3.05, 3.63) is 290 Å². The number of rotatable bonds is 9. The van der Waals surface area contributed by atoms with Crippen molar-refractivity contribution in [3.8, 4) is 33.4 Å². The van der Waals surface area contributed by atoms with E-state index in [1.807, 2.05) is 12.1 Å². The smallest absolute Gasteiger partial charge is 0.0974 e. The van der Waals surface area contributed by atoms with Gasteiger partial charge in [0.2, 0.25) is 0 Å².